The topological polar surface area (TPSA) is 96.0 Å². The number of amides is 1. The molecule has 0 radical (unpaired) electrons. The van der Waals surface area contributed by atoms with E-state index < -0.39 is 10.8 Å². The number of nitriles is 1. The molecule has 0 bridgehead atoms. The molecule has 7 heteroatoms. The summed E-state index contributed by atoms with van der Waals surface area (Å²) in [5, 5.41) is 23.5. The number of hydrogen-bond donors (Lipinski definition) is 1. The molecule has 2 aromatic rings. The largest absolute Gasteiger partial charge is 0.312 e. The fraction of sp³-hybridized carbons (Fsp3) is 0.250. The highest BCUT2D eigenvalue weighted by atomic mass is 32.1. The van der Waals surface area contributed by atoms with Crippen molar-refractivity contribution in [2.24, 2.45) is 0 Å². The first-order chi connectivity index (χ1) is 11.1. The summed E-state index contributed by atoms with van der Waals surface area (Å²) in [7, 11) is 0. The zero-order chi connectivity index (χ0) is 16.4. The first-order valence-corrected chi connectivity index (χ1v) is 8.02. The van der Waals surface area contributed by atoms with Crippen LogP contribution in [0.3, 0.4) is 0 Å². The van der Waals surface area contributed by atoms with Crippen LogP contribution in [0.4, 0.5) is 10.7 Å². The number of non-ortho nitro benzene ring substituents is 1. The molecule has 1 aliphatic rings. The SMILES string of the molecule is N#Cc1c(NC(=O)c2cccc([N+](=O)[O-])c2)sc2c1CCCC2. The minimum Gasteiger partial charge on any atom is -0.312 e. The molecule has 3 rings (SSSR count). The Morgan fingerprint density at radius 3 is 2.87 bits per heavy atom. The van der Waals surface area contributed by atoms with E-state index in [1.807, 2.05) is 0 Å². The van der Waals surface area contributed by atoms with Gasteiger partial charge in [0, 0.05) is 22.6 Å². The van der Waals surface area contributed by atoms with E-state index in [2.05, 4.69) is 11.4 Å². The van der Waals surface area contributed by atoms with Crippen LogP contribution < -0.4 is 5.32 Å². The van der Waals surface area contributed by atoms with E-state index in [-0.39, 0.29) is 11.3 Å². The Bertz CT molecular complexity index is 836. The first kappa shape index (κ1) is 15.2. The third-order valence-electron chi connectivity index (χ3n) is 3.83. The summed E-state index contributed by atoms with van der Waals surface area (Å²) in [5.41, 5.74) is 1.64. The number of nitrogens with zero attached hydrogens (tertiary/aromatic N) is 2. The molecule has 1 heterocycles. The van der Waals surface area contributed by atoms with Gasteiger partial charge in [0.1, 0.15) is 11.1 Å². The van der Waals surface area contributed by atoms with Gasteiger partial charge in [-0.05, 0) is 37.3 Å². The van der Waals surface area contributed by atoms with Crippen LogP contribution in [0.2, 0.25) is 0 Å². The maximum atomic E-state index is 12.3. The van der Waals surface area contributed by atoms with Gasteiger partial charge in [0.15, 0.2) is 0 Å². The van der Waals surface area contributed by atoms with E-state index in [0.29, 0.717) is 10.6 Å². The third kappa shape index (κ3) is 2.94. The molecule has 0 saturated carbocycles. The second kappa shape index (κ2) is 6.18. The Morgan fingerprint density at radius 1 is 1.35 bits per heavy atom. The standard InChI is InChI=1S/C16H13N3O3S/c17-9-13-12-6-1-2-7-14(12)23-16(13)18-15(20)10-4-3-5-11(8-10)19(21)22/h3-5,8H,1-2,6-7H2,(H,18,20). The van der Waals surface area contributed by atoms with E-state index in [9.17, 15) is 20.2 Å². The Balaban J connectivity index is 1.89. The molecule has 0 aliphatic heterocycles. The van der Waals surface area contributed by atoms with Crippen molar-refractivity contribution in [2.75, 3.05) is 5.32 Å². The number of nitrogens with one attached hydrogen (secondary N) is 1. The molecule has 1 amide bonds. The average molecular weight is 327 g/mol. The summed E-state index contributed by atoms with van der Waals surface area (Å²) in [4.78, 5) is 23.7. The van der Waals surface area contributed by atoms with Crippen LogP contribution in [0.25, 0.3) is 0 Å². The Morgan fingerprint density at radius 2 is 2.13 bits per heavy atom. The second-order valence-corrected chi connectivity index (χ2v) is 6.39. The Kier molecular flexibility index (Phi) is 4.08. The normalized spacial score (nSPS) is 13.0. The van der Waals surface area contributed by atoms with Gasteiger partial charge in [-0.3, -0.25) is 14.9 Å². The summed E-state index contributed by atoms with van der Waals surface area (Å²) in [6.07, 6.45) is 3.94. The van der Waals surface area contributed by atoms with E-state index >= 15 is 0 Å². The molecule has 116 valence electrons. The van der Waals surface area contributed by atoms with Crippen LogP contribution >= 0.6 is 11.3 Å². The number of thiophene rings is 1. The maximum Gasteiger partial charge on any atom is 0.270 e. The number of anilines is 1. The molecule has 0 unspecified atom stereocenters. The van der Waals surface area contributed by atoms with Gasteiger partial charge in [0.25, 0.3) is 11.6 Å². The van der Waals surface area contributed by atoms with Gasteiger partial charge in [-0.1, -0.05) is 6.07 Å². The highest BCUT2D eigenvalue weighted by Crippen LogP contribution is 2.37. The molecule has 23 heavy (non-hydrogen) atoms. The molecule has 0 fully saturated rings. The van der Waals surface area contributed by atoms with E-state index in [4.69, 9.17) is 0 Å². The minimum absolute atomic E-state index is 0.136. The zero-order valence-corrected chi connectivity index (χ0v) is 13.0. The molecular formula is C16H13N3O3S. The van der Waals surface area contributed by atoms with Gasteiger partial charge in [0.2, 0.25) is 0 Å². The van der Waals surface area contributed by atoms with Gasteiger partial charge in [-0.15, -0.1) is 11.3 Å². The lowest BCUT2D eigenvalue weighted by Crippen LogP contribution is -2.12. The van der Waals surface area contributed by atoms with E-state index in [1.165, 1.54) is 35.6 Å². The Hall–Kier alpha value is -2.72. The quantitative estimate of drug-likeness (QED) is 0.687. The monoisotopic (exact) mass is 327 g/mol. The lowest BCUT2D eigenvalue weighted by Gasteiger charge is -2.09. The van der Waals surface area contributed by atoms with Crippen LogP contribution in [-0.4, -0.2) is 10.8 Å². The van der Waals surface area contributed by atoms with Gasteiger partial charge < -0.3 is 5.32 Å². The fourth-order valence-corrected chi connectivity index (χ4v) is 3.94. The van der Waals surface area contributed by atoms with Crippen molar-refractivity contribution in [3.05, 3.63) is 55.9 Å². The first-order valence-electron chi connectivity index (χ1n) is 7.20. The van der Waals surface area contributed by atoms with Gasteiger partial charge >= 0.3 is 0 Å². The summed E-state index contributed by atoms with van der Waals surface area (Å²) >= 11 is 1.43. The van der Waals surface area contributed by atoms with Crippen molar-refractivity contribution >= 4 is 27.9 Å². The van der Waals surface area contributed by atoms with Gasteiger partial charge in [-0.25, -0.2) is 0 Å². The van der Waals surface area contributed by atoms with Gasteiger partial charge in [0.05, 0.1) is 10.5 Å². The zero-order valence-electron chi connectivity index (χ0n) is 12.2. The van der Waals surface area contributed by atoms with Crippen molar-refractivity contribution in [1.82, 2.24) is 0 Å². The molecule has 0 saturated heterocycles. The molecule has 0 atom stereocenters. The second-order valence-electron chi connectivity index (χ2n) is 5.29. The maximum absolute atomic E-state index is 12.3. The number of carbonyl (C=O) groups is 1. The number of nitro benzene ring substituents is 1. The predicted octanol–water partition coefficient (Wildman–Crippen LogP) is 3.66. The highest BCUT2D eigenvalue weighted by molar-refractivity contribution is 7.16. The number of nitro groups is 1. The summed E-state index contributed by atoms with van der Waals surface area (Å²) in [6.45, 7) is 0. The molecule has 6 nitrogen and oxygen atoms in total. The van der Waals surface area contributed by atoms with Crippen molar-refractivity contribution in [1.29, 1.82) is 5.26 Å². The van der Waals surface area contributed by atoms with Gasteiger partial charge in [-0.2, -0.15) is 5.26 Å². The van der Waals surface area contributed by atoms with Crippen LogP contribution in [0, 0.1) is 21.4 Å². The number of fused-ring (bicyclic) bond motifs is 1. The predicted molar refractivity (Wildman–Crippen MR) is 86.7 cm³/mol. The van der Waals surface area contributed by atoms with Crippen molar-refractivity contribution in [3.63, 3.8) is 0 Å². The summed E-state index contributed by atoms with van der Waals surface area (Å²) in [6, 6.07) is 7.73. The van der Waals surface area contributed by atoms with Crippen molar-refractivity contribution in [2.45, 2.75) is 25.7 Å². The summed E-state index contributed by atoms with van der Waals surface area (Å²) in [5.74, 6) is -0.441. The van der Waals surface area contributed by atoms with Crippen LogP contribution in [0.1, 0.15) is 39.2 Å². The lowest BCUT2D eigenvalue weighted by atomic mass is 9.96. The fourth-order valence-electron chi connectivity index (χ4n) is 2.71. The number of rotatable bonds is 3. The van der Waals surface area contributed by atoms with Crippen molar-refractivity contribution in [3.8, 4) is 6.07 Å². The highest BCUT2D eigenvalue weighted by Gasteiger charge is 2.22. The lowest BCUT2D eigenvalue weighted by molar-refractivity contribution is -0.384. The number of benzene rings is 1. The Labute approximate surface area is 136 Å². The van der Waals surface area contributed by atoms with E-state index in [0.717, 1.165) is 36.1 Å². The number of hydrogen-bond acceptors (Lipinski definition) is 5. The molecule has 1 aliphatic carbocycles. The molecular weight excluding hydrogens is 314 g/mol. The van der Waals surface area contributed by atoms with Crippen LogP contribution in [-0.2, 0) is 12.8 Å². The van der Waals surface area contributed by atoms with Crippen LogP contribution in [0.5, 0.6) is 0 Å². The number of aryl methyl sites for hydroxylation is 1. The summed E-state index contributed by atoms with van der Waals surface area (Å²) < 4.78 is 0. The molecule has 1 aromatic heterocycles. The third-order valence-corrected chi connectivity index (χ3v) is 5.04. The molecule has 1 aromatic carbocycles. The van der Waals surface area contributed by atoms with Crippen molar-refractivity contribution < 1.29 is 9.72 Å². The molecule has 0 spiro atoms. The number of carbonyl (C=O) groups excluding carboxylic acids is 1. The average Bonchev–Trinajstić information content (AvgIpc) is 2.91. The minimum atomic E-state index is -0.540. The van der Waals surface area contributed by atoms with Crippen LogP contribution in [0.15, 0.2) is 24.3 Å². The smallest absolute Gasteiger partial charge is 0.270 e. The molecule has 1 N–H and O–H groups in total. The van der Waals surface area contributed by atoms with E-state index in [1.54, 1.807) is 0 Å².